The van der Waals surface area contributed by atoms with Crippen molar-refractivity contribution in [3.8, 4) is 5.75 Å². The van der Waals surface area contributed by atoms with Crippen LogP contribution in [0.15, 0.2) is 36.7 Å². The molecule has 7 nitrogen and oxygen atoms in total. The minimum absolute atomic E-state index is 0.333. The van der Waals surface area contributed by atoms with Crippen molar-refractivity contribution in [1.29, 1.82) is 0 Å². The molecule has 0 bridgehead atoms. The van der Waals surface area contributed by atoms with Crippen LogP contribution in [0.5, 0.6) is 5.75 Å². The Morgan fingerprint density at radius 1 is 1.30 bits per heavy atom. The zero-order chi connectivity index (χ0) is 19.6. The molecule has 0 aliphatic carbocycles. The quantitative estimate of drug-likeness (QED) is 0.464. The van der Waals surface area contributed by atoms with Crippen molar-refractivity contribution in [2.75, 3.05) is 32.7 Å². The Balaban J connectivity index is 0.00000126. The van der Waals surface area contributed by atoms with Gasteiger partial charge in [0.25, 0.3) is 0 Å². The molecular weight excluding hydrogens is 356 g/mol. The van der Waals surface area contributed by atoms with E-state index in [0.29, 0.717) is 61.5 Å². The molecule has 3 rings (SSSR count). The molecule has 2 aromatic heterocycles. The number of fused-ring (bicyclic) bond motifs is 1. The molecule has 0 fully saturated rings. The summed E-state index contributed by atoms with van der Waals surface area (Å²) in [6, 6.07) is 6.14. The summed E-state index contributed by atoms with van der Waals surface area (Å²) < 4.78 is 30.2. The van der Waals surface area contributed by atoms with E-state index in [9.17, 15) is 13.6 Å². The van der Waals surface area contributed by atoms with E-state index in [1.165, 1.54) is 22.8 Å². The summed E-state index contributed by atoms with van der Waals surface area (Å²) in [6.07, 6.45) is 3.87. The molecule has 0 amide bonds. The third-order valence-electron chi connectivity index (χ3n) is 3.62. The Bertz CT molecular complexity index is 885. The zero-order valence-corrected chi connectivity index (χ0v) is 15.1. The van der Waals surface area contributed by atoms with Crippen LogP contribution in [-0.4, -0.2) is 48.3 Å². The summed E-state index contributed by atoms with van der Waals surface area (Å²) in [6.45, 7) is 1.51. The van der Waals surface area contributed by atoms with E-state index in [2.05, 4.69) is 20.7 Å². The van der Waals surface area contributed by atoms with Crippen molar-refractivity contribution in [2.24, 2.45) is 0 Å². The SMILES string of the molecule is CF.CNCCOc1ccc(F)cc1CNc1ccn2ncc(C=O)c2n1. The molecule has 9 heteroatoms. The number of nitrogens with one attached hydrogen (secondary N) is 2. The predicted octanol–water partition coefficient (Wildman–Crippen LogP) is 2.48. The van der Waals surface area contributed by atoms with Crippen molar-refractivity contribution in [3.63, 3.8) is 0 Å². The average molecular weight is 377 g/mol. The second kappa shape index (κ2) is 10.2. The normalized spacial score (nSPS) is 10.2. The number of nitrogens with zero attached hydrogens (tertiary/aromatic N) is 3. The van der Waals surface area contributed by atoms with Crippen LogP contribution in [0, 0.1) is 5.82 Å². The summed E-state index contributed by atoms with van der Waals surface area (Å²) in [5.41, 5.74) is 1.55. The van der Waals surface area contributed by atoms with E-state index in [1.54, 1.807) is 18.3 Å². The van der Waals surface area contributed by atoms with Crippen LogP contribution in [0.1, 0.15) is 15.9 Å². The van der Waals surface area contributed by atoms with Crippen molar-refractivity contribution < 1.29 is 18.3 Å². The maximum atomic E-state index is 13.6. The minimum atomic E-state index is -0.333. The largest absolute Gasteiger partial charge is 0.492 e. The summed E-state index contributed by atoms with van der Waals surface area (Å²) >= 11 is 0. The van der Waals surface area contributed by atoms with Crippen molar-refractivity contribution in [3.05, 3.63) is 53.6 Å². The van der Waals surface area contributed by atoms with Crippen molar-refractivity contribution in [1.82, 2.24) is 19.9 Å². The molecule has 0 aliphatic heterocycles. The lowest BCUT2D eigenvalue weighted by molar-refractivity contribution is 0.112. The number of alkyl halides is 1. The Morgan fingerprint density at radius 2 is 2.11 bits per heavy atom. The number of carbonyl (C=O) groups excluding carboxylic acids is 1. The number of likely N-dealkylation sites (N-methyl/N-ethyl adjacent to an activating group) is 1. The molecule has 27 heavy (non-hydrogen) atoms. The van der Waals surface area contributed by atoms with Gasteiger partial charge in [-0.2, -0.15) is 5.10 Å². The molecule has 0 unspecified atom stereocenters. The number of hydrogen-bond acceptors (Lipinski definition) is 6. The Labute approximate surface area is 155 Å². The number of ether oxygens (including phenoxy) is 1. The van der Waals surface area contributed by atoms with E-state index in [1.807, 2.05) is 7.05 Å². The number of hydrogen-bond donors (Lipinski definition) is 2. The van der Waals surface area contributed by atoms with Gasteiger partial charge in [-0.15, -0.1) is 0 Å². The van der Waals surface area contributed by atoms with Gasteiger partial charge in [-0.3, -0.25) is 9.18 Å². The maximum Gasteiger partial charge on any atom is 0.167 e. The van der Waals surface area contributed by atoms with E-state index in [0.717, 1.165) is 0 Å². The maximum absolute atomic E-state index is 13.6. The van der Waals surface area contributed by atoms with Crippen LogP contribution < -0.4 is 15.4 Å². The van der Waals surface area contributed by atoms with Gasteiger partial charge in [0.05, 0.1) is 18.9 Å². The molecule has 0 atom stereocenters. The van der Waals surface area contributed by atoms with Crippen LogP contribution in [0.4, 0.5) is 14.6 Å². The third-order valence-corrected chi connectivity index (χ3v) is 3.62. The smallest absolute Gasteiger partial charge is 0.167 e. The summed E-state index contributed by atoms with van der Waals surface area (Å²) in [7, 11) is 2.34. The highest BCUT2D eigenvalue weighted by Gasteiger charge is 2.08. The number of benzene rings is 1. The van der Waals surface area contributed by atoms with Gasteiger partial charge < -0.3 is 15.4 Å². The molecule has 3 aromatic rings. The Kier molecular flexibility index (Phi) is 7.63. The molecule has 1 aromatic carbocycles. The molecule has 2 heterocycles. The molecule has 0 radical (unpaired) electrons. The zero-order valence-electron chi connectivity index (χ0n) is 15.1. The molecular formula is C18H21F2N5O2. The van der Waals surface area contributed by atoms with Gasteiger partial charge in [0.15, 0.2) is 11.9 Å². The number of anilines is 1. The molecule has 0 aliphatic rings. The molecule has 0 saturated carbocycles. The van der Waals surface area contributed by atoms with Gasteiger partial charge in [-0.25, -0.2) is 13.9 Å². The first-order valence-electron chi connectivity index (χ1n) is 8.18. The summed E-state index contributed by atoms with van der Waals surface area (Å²) in [5, 5.41) is 10.1. The van der Waals surface area contributed by atoms with Crippen molar-refractivity contribution in [2.45, 2.75) is 6.54 Å². The van der Waals surface area contributed by atoms with Gasteiger partial charge in [0, 0.05) is 24.8 Å². The lowest BCUT2D eigenvalue weighted by Gasteiger charge is -2.13. The van der Waals surface area contributed by atoms with Crippen LogP contribution >= 0.6 is 0 Å². The van der Waals surface area contributed by atoms with Gasteiger partial charge in [-0.05, 0) is 31.3 Å². The average Bonchev–Trinajstić information content (AvgIpc) is 3.12. The fourth-order valence-electron chi connectivity index (χ4n) is 2.34. The van der Waals surface area contributed by atoms with Crippen LogP contribution in [0.25, 0.3) is 5.65 Å². The molecule has 144 valence electrons. The number of halogens is 2. The van der Waals surface area contributed by atoms with E-state index in [4.69, 9.17) is 4.74 Å². The highest BCUT2D eigenvalue weighted by Crippen LogP contribution is 2.21. The molecule has 2 N–H and O–H groups in total. The number of rotatable bonds is 8. The number of aromatic nitrogens is 3. The van der Waals surface area contributed by atoms with Crippen LogP contribution in [0.3, 0.4) is 0 Å². The van der Waals surface area contributed by atoms with Gasteiger partial charge in [0.2, 0.25) is 0 Å². The topological polar surface area (TPSA) is 80.5 Å². The fraction of sp³-hybridized carbons (Fsp3) is 0.278. The molecule has 0 spiro atoms. The Morgan fingerprint density at radius 3 is 2.85 bits per heavy atom. The van der Waals surface area contributed by atoms with Crippen molar-refractivity contribution >= 4 is 17.8 Å². The van der Waals surface area contributed by atoms with Crippen LogP contribution in [-0.2, 0) is 6.54 Å². The Hall–Kier alpha value is -3.07. The monoisotopic (exact) mass is 377 g/mol. The lowest BCUT2D eigenvalue weighted by Crippen LogP contribution is -2.16. The first-order chi connectivity index (χ1) is 13.2. The summed E-state index contributed by atoms with van der Waals surface area (Å²) in [5.74, 6) is 0.838. The van der Waals surface area contributed by atoms with E-state index >= 15 is 0 Å². The van der Waals surface area contributed by atoms with Gasteiger partial charge >= 0.3 is 0 Å². The predicted molar refractivity (Wildman–Crippen MR) is 98.6 cm³/mol. The van der Waals surface area contributed by atoms with E-state index < -0.39 is 0 Å². The third kappa shape index (κ3) is 5.20. The minimum Gasteiger partial charge on any atom is -0.492 e. The first-order valence-corrected chi connectivity index (χ1v) is 8.18. The van der Waals surface area contributed by atoms with Crippen LogP contribution in [0.2, 0.25) is 0 Å². The first kappa shape index (κ1) is 20.2. The second-order valence-electron chi connectivity index (χ2n) is 5.36. The lowest BCUT2D eigenvalue weighted by atomic mass is 10.2. The number of carbonyl (C=O) groups is 1. The molecule has 0 saturated heterocycles. The van der Waals surface area contributed by atoms with E-state index in [-0.39, 0.29) is 5.82 Å². The standard InChI is InChI=1S/C17H18FN5O2.CH3F/c1-19-5-7-25-15-3-2-14(18)8-12(15)9-20-16-4-6-23-17(22-16)13(11-24)10-21-23;1-2/h2-4,6,8,10-11,19H,5,7,9H2,1H3,(H,20,22);1H3. The highest BCUT2D eigenvalue weighted by molar-refractivity contribution is 5.83. The van der Waals surface area contributed by atoms with Gasteiger partial charge in [0.1, 0.15) is 24.0 Å². The highest BCUT2D eigenvalue weighted by atomic mass is 19.1. The number of aldehydes is 1. The summed E-state index contributed by atoms with van der Waals surface area (Å²) in [4.78, 5) is 15.4. The fourth-order valence-corrected chi connectivity index (χ4v) is 2.34. The second-order valence-corrected chi connectivity index (χ2v) is 5.36. The van der Waals surface area contributed by atoms with Gasteiger partial charge in [-0.1, -0.05) is 0 Å².